The summed E-state index contributed by atoms with van der Waals surface area (Å²) in [5.41, 5.74) is -0.333. The minimum absolute atomic E-state index is 0.0242. The molecule has 0 aromatic heterocycles. The molecule has 1 saturated heterocycles. The van der Waals surface area contributed by atoms with Gasteiger partial charge >= 0.3 is 0 Å². The van der Waals surface area contributed by atoms with E-state index in [0.29, 0.717) is 13.1 Å². The van der Waals surface area contributed by atoms with E-state index in [1.54, 1.807) is 4.31 Å². The van der Waals surface area contributed by atoms with E-state index in [1.807, 2.05) is 13.8 Å². The average molecular weight is 218 g/mol. The zero-order valence-electron chi connectivity index (χ0n) is 8.78. The van der Waals surface area contributed by atoms with Gasteiger partial charge in [0.05, 0.1) is 5.75 Å². The number of hydrogen-bond donors (Lipinski definition) is 1. The number of nitrogens with one attached hydrogen (secondary N) is 1. The van der Waals surface area contributed by atoms with E-state index in [2.05, 4.69) is 11.9 Å². The molecule has 1 fully saturated rings. The molecule has 0 spiro atoms. The summed E-state index contributed by atoms with van der Waals surface area (Å²) in [4.78, 5) is 0. The van der Waals surface area contributed by atoms with Crippen LogP contribution in [-0.4, -0.2) is 43.6 Å². The molecule has 0 aromatic carbocycles. The Hall–Kier alpha value is -0.390. The van der Waals surface area contributed by atoms with Gasteiger partial charge in [-0.05, 0) is 13.8 Å². The van der Waals surface area contributed by atoms with Crippen LogP contribution >= 0.6 is 0 Å². The largest absolute Gasteiger partial charge is 0.314 e. The minimum atomic E-state index is -3.17. The van der Waals surface area contributed by atoms with Crippen LogP contribution < -0.4 is 5.32 Å². The topological polar surface area (TPSA) is 49.4 Å². The maximum atomic E-state index is 11.8. The van der Waals surface area contributed by atoms with Crippen molar-refractivity contribution in [1.29, 1.82) is 0 Å². The standard InChI is InChI=1S/C9H18N2O2S/c1-4-7-14(12,13)11-6-5-10-8-9(11,2)3/h4,10H,1,5-8H2,2-3H3. The van der Waals surface area contributed by atoms with Crippen LogP contribution in [0.2, 0.25) is 0 Å². The SMILES string of the molecule is C=CCS(=O)(=O)N1CCNCC1(C)C. The smallest absolute Gasteiger partial charge is 0.218 e. The van der Waals surface area contributed by atoms with Crippen molar-refractivity contribution in [2.45, 2.75) is 19.4 Å². The second-order valence-electron chi connectivity index (χ2n) is 4.13. The van der Waals surface area contributed by atoms with E-state index in [-0.39, 0.29) is 11.3 Å². The van der Waals surface area contributed by atoms with Crippen LogP contribution in [0.4, 0.5) is 0 Å². The van der Waals surface area contributed by atoms with E-state index in [4.69, 9.17) is 0 Å². The third kappa shape index (κ3) is 2.34. The Bertz CT molecular complexity index is 309. The van der Waals surface area contributed by atoms with Crippen molar-refractivity contribution in [3.63, 3.8) is 0 Å². The van der Waals surface area contributed by atoms with E-state index in [0.717, 1.165) is 6.54 Å². The number of nitrogens with zero attached hydrogens (tertiary/aromatic N) is 1. The molecule has 0 atom stereocenters. The second kappa shape index (κ2) is 4.00. The van der Waals surface area contributed by atoms with Gasteiger partial charge in [-0.3, -0.25) is 0 Å². The molecule has 5 heteroatoms. The van der Waals surface area contributed by atoms with E-state index in [9.17, 15) is 8.42 Å². The summed E-state index contributed by atoms with van der Waals surface area (Å²) >= 11 is 0. The fourth-order valence-electron chi connectivity index (χ4n) is 1.72. The van der Waals surface area contributed by atoms with Gasteiger partial charge in [0, 0.05) is 25.2 Å². The highest BCUT2D eigenvalue weighted by atomic mass is 32.2. The van der Waals surface area contributed by atoms with Crippen molar-refractivity contribution >= 4 is 10.0 Å². The third-order valence-electron chi connectivity index (χ3n) is 2.39. The molecule has 0 bridgehead atoms. The minimum Gasteiger partial charge on any atom is -0.314 e. The van der Waals surface area contributed by atoms with Crippen molar-refractivity contribution in [1.82, 2.24) is 9.62 Å². The molecule has 14 heavy (non-hydrogen) atoms. The van der Waals surface area contributed by atoms with Gasteiger partial charge in [0.2, 0.25) is 10.0 Å². The highest BCUT2D eigenvalue weighted by Gasteiger charge is 2.37. The van der Waals surface area contributed by atoms with Gasteiger partial charge in [-0.2, -0.15) is 4.31 Å². The monoisotopic (exact) mass is 218 g/mol. The van der Waals surface area contributed by atoms with Crippen molar-refractivity contribution in [3.05, 3.63) is 12.7 Å². The van der Waals surface area contributed by atoms with Crippen LogP contribution in [-0.2, 0) is 10.0 Å². The van der Waals surface area contributed by atoms with Crippen LogP contribution in [0.25, 0.3) is 0 Å². The lowest BCUT2D eigenvalue weighted by Gasteiger charge is -2.41. The maximum Gasteiger partial charge on any atom is 0.218 e. The fourth-order valence-corrected chi connectivity index (χ4v) is 3.39. The Balaban J connectivity index is 2.89. The van der Waals surface area contributed by atoms with Gasteiger partial charge in [0.25, 0.3) is 0 Å². The summed E-state index contributed by atoms with van der Waals surface area (Å²) in [6.45, 7) is 9.29. The third-order valence-corrected chi connectivity index (χ3v) is 4.39. The number of piperazine rings is 1. The van der Waals surface area contributed by atoms with Crippen molar-refractivity contribution in [2.75, 3.05) is 25.4 Å². The average Bonchev–Trinajstić information content (AvgIpc) is 2.02. The van der Waals surface area contributed by atoms with Crippen molar-refractivity contribution in [3.8, 4) is 0 Å². The summed E-state index contributed by atoms with van der Waals surface area (Å²) in [6.07, 6.45) is 1.44. The number of sulfonamides is 1. The maximum absolute atomic E-state index is 11.8. The van der Waals surface area contributed by atoms with Gasteiger partial charge in [-0.15, -0.1) is 6.58 Å². The molecule has 82 valence electrons. The summed E-state index contributed by atoms with van der Waals surface area (Å²) in [5.74, 6) is 0.0242. The van der Waals surface area contributed by atoms with Crippen LogP contribution in [0.3, 0.4) is 0 Å². The molecule has 0 amide bonds. The van der Waals surface area contributed by atoms with Crippen LogP contribution in [0.1, 0.15) is 13.8 Å². The molecular weight excluding hydrogens is 200 g/mol. The molecule has 0 saturated carbocycles. The van der Waals surface area contributed by atoms with Gasteiger partial charge < -0.3 is 5.32 Å². The zero-order chi connectivity index (χ0) is 10.8. The molecule has 0 aromatic rings. The first kappa shape index (κ1) is 11.7. The second-order valence-corrected chi connectivity index (χ2v) is 6.07. The normalized spacial score (nSPS) is 23.3. The predicted octanol–water partition coefficient (Wildman–Crippen LogP) is 0.186. The summed E-state index contributed by atoms with van der Waals surface area (Å²) in [7, 11) is -3.17. The molecule has 4 nitrogen and oxygen atoms in total. The van der Waals surface area contributed by atoms with Gasteiger partial charge in [-0.25, -0.2) is 8.42 Å². The molecule has 1 heterocycles. The predicted molar refractivity (Wildman–Crippen MR) is 57.6 cm³/mol. The lowest BCUT2D eigenvalue weighted by Crippen LogP contribution is -2.60. The zero-order valence-corrected chi connectivity index (χ0v) is 9.60. The lowest BCUT2D eigenvalue weighted by molar-refractivity contribution is 0.186. The Morgan fingerprint density at radius 2 is 2.21 bits per heavy atom. The first-order valence-electron chi connectivity index (χ1n) is 4.72. The van der Waals surface area contributed by atoms with Crippen LogP contribution in [0.15, 0.2) is 12.7 Å². The highest BCUT2D eigenvalue weighted by Crippen LogP contribution is 2.20. The Morgan fingerprint density at radius 3 is 2.71 bits per heavy atom. The van der Waals surface area contributed by atoms with Crippen LogP contribution in [0, 0.1) is 0 Å². The molecule has 1 aliphatic rings. The summed E-state index contributed by atoms with van der Waals surface area (Å²) in [6, 6.07) is 0. The highest BCUT2D eigenvalue weighted by molar-refractivity contribution is 7.89. The van der Waals surface area contributed by atoms with Gasteiger partial charge in [0.15, 0.2) is 0 Å². The fraction of sp³-hybridized carbons (Fsp3) is 0.778. The molecule has 1 rings (SSSR count). The van der Waals surface area contributed by atoms with Crippen LogP contribution in [0.5, 0.6) is 0 Å². The van der Waals surface area contributed by atoms with Gasteiger partial charge in [-0.1, -0.05) is 6.08 Å². The Kier molecular flexibility index (Phi) is 3.34. The summed E-state index contributed by atoms with van der Waals surface area (Å²) < 4.78 is 25.2. The molecular formula is C9H18N2O2S. The molecule has 0 radical (unpaired) electrons. The Morgan fingerprint density at radius 1 is 1.57 bits per heavy atom. The van der Waals surface area contributed by atoms with Gasteiger partial charge in [0.1, 0.15) is 0 Å². The van der Waals surface area contributed by atoms with E-state index >= 15 is 0 Å². The summed E-state index contributed by atoms with van der Waals surface area (Å²) in [5, 5.41) is 3.19. The number of hydrogen-bond acceptors (Lipinski definition) is 3. The molecule has 0 aliphatic carbocycles. The van der Waals surface area contributed by atoms with Crippen molar-refractivity contribution < 1.29 is 8.42 Å². The first-order valence-corrected chi connectivity index (χ1v) is 6.33. The first-order chi connectivity index (χ1) is 6.40. The number of rotatable bonds is 3. The Labute approximate surface area is 86.0 Å². The van der Waals surface area contributed by atoms with Crippen molar-refractivity contribution in [2.24, 2.45) is 0 Å². The van der Waals surface area contributed by atoms with E-state index < -0.39 is 10.0 Å². The molecule has 1 N–H and O–H groups in total. The van der Waals surface area contributed by atoms with E-state index in [1.165, 1.54) is 6.08 Å². The lowest BCUT2D eigenvalue weighted by atomic mass is 10.0. The quantitative estimate of drug-likeness (QED) is 0.688. The molecule has 0 unspecified atom stereocenters. The molecule has 1 aliphatic heterocycles.